The first-order valence-corrected chi connectivity index (χ1v) is 6.99. The third kappa shape index (κ3) is 3.33. The molecule has 2 rings (SSSR count). The van der Waals surface area contributed by atoms with Crippen LogP contribution in [0.4, 0.5) is 0 Å². The van der Waals surface area contributed by atoms with E-state index in [-0.39, 0.29) is 0 Å². The van der Waals surface area contributed by atoms with Gasteiger partial charge in [-0.05, 0) is 62.5 Å². The Bertz CT molecular complexity index is 411. The largest absolute Gasteiger partial charge is 0.306 e. The average Bonchev–Trinajstić information content (AvgIpc) is 2.38. The van der Waals surface area contributed by atoms with Gasteiger partial charge in [-0.2, -0.15) is 0 Å². The molecule has 0 aliphatic carbocycles. The maximum atomic E-state index is 10.4. The zero-order valence-corrected chi connectivity index (χ0v) is 11.6. The van der Waals surface area contributed by atoms with Gasteiger partial charge in [-0.25, -0.2) is 0 Å². The summed E-state index contributed by atoms with van der Waals surface area (Å²) in [4.78, 5) is 12.7. The second kappa shape index (κ2) is 6.35. The number of likely N-dealkylation sites (tertiary alicyclic amines) is 1. The molecule has 1 heterocycles. The van der Waals surface area contributed by atoms with Crippen LogP contribution in [0.2, 0.25) is 5.02 Å². The van der Waals surface area contributed by atoms with E-state index in [0.29, 0.717) is 12.3 Å². The van der Waals surface area contributed by atoms with Gasteiger partial charge in [0.05, 0.1) is 0 Å². The van der Waals surface area contributed by atoms with Crippen molar-refractivity contribution in [3.8, 4) is 0 Å². The van der Waals surface area contributed by atoms with Gasteiger partial charge in [-0.1, -0.05) is 23.7 Å². The molecule has 1 aromatic rings. The molecule has 98 valence electrons. The summed E-state index contributed by atoms with van der Waals surface area (Å²) in [5.74, 6) is 0.592. The van der Waals surface area contributed by atoms with Gasteiger partial charge in [0.15, 0.2) is 0 Å². The van der Waals surface area contributed by atoms with E-state index in [4.69, 9.17) is 11.6 Å². The minimum atomic E-state index is 0.573. The Morgan fingerprint density at radius 3 is 2.72 bits per heavy atom. The summed E-state index contributed by atoms with van der Waals surface area (Å²) in [6, 6.07) is 6.29. The summed E-state index contributed by atoms with van der Waals surface area (Å²) in [5.41, 5.74) is 2.43. The molecule has 0 N–H and O–H groups in total. The lowest BCUT2D eigenvalue weighted by atomic mass is 9.89. The van der Waals surface area contributed by atoms with E-state index in [1.165, 1.54) is 18.4 Å². The molecule has 1 saturated heterocycles. The van der Waals surface area contributed by atoms with Crippen LogP contribution in [0.1, 0.15) is 36.3 Å². The van der Waals surface area contributed by atoms with Crippen molar-refractivity contribution in [1.29, 1.82) is 0 Å². The lowest BCUT2D eigenvalue weighted by Gasteiger charge is -2.29. The number of benzene rings is 1. The van der Waals surface area contributed by atoms with E-state index in [0.717, 1.165) is 36.4 Å². The molecule has 0 aromatic heterocycles. The number of aldehydes is 1. The van der Waals surface area contributed by atoms with Crippen LogP contribution in [0.25, 0.3) is 0 Å². The van der Waals surface area contributed by atoms with Crippen molar-refractivity contribution in [2.45, 2.75) is 31.6 Å². The molecule has 0 unspecified atom stereocenters. The number of halogens is 1. The van der Waals surface area contributed by atoms with Crippen LogP contribution in [-0.4, -0.2) is 31.3 Å². The third-order valence-corrected chi connectivity index (χ3v) is 4.10. The Balaban J connectivity index is 2.07. The zero-order valence-electron chi connectivity index (χ0n) is 10.9. The normalized spacial score (nSPS) is 17.9. The van der Waals surface area contributed by atoms with Crippen LogP contribution in [0.3, 0.4) is 0 Å². The first-order valence-electron chi connectivity index (χ1n) is 6.61. The number of hydrogen-bond acceptors (Lipinski definition) is 2. The molecule has 0 atom stereocenters. The standard InChI is InChI=1S/C15H20ClNO/c1-17-8-6-13(7-9-17)14-5-4-12(3-2-10-18)11-15(14)16/h4-5,10-11,13H,2-3,6-9H2,1H3. The molecule has 1 fully saturated rings. The van der Waals surface area contributed by atoms with E-state index < -0.39 is 0 Å². The zero-order chi connectivity index (χ0) is 13.0. The predicted molar refractivity (Wildman–Crippen MR) is 75.3 cm³/mol. The Hall–Kier alpha value is -0.860. The van der Waals surface area contributed by atoms with Gasteiger partial charge in [-0.15, -0.1) is 0 Å². The number of piperidine rings is 1. The van der Waals surface area contributed by atoms with E-state index in [1.807, 2.05) is 6.07 Å². The van der Waals surface area contributed by atoms with Gasteiger partial charge in [0.25, 0.3) is 0 Å². The summed E-state index contributed by atoms with van der Waals surface area (Å²) in [6.07, 6.45) is 4.69. The van der Waals surface area contributed by atoms with Gasteiger partial charge in [-0.3, -0.25) is 0 Å². The quantitative estimate of drug-likeness (QED) is 0.779. The lowest BCUT2D eigenvalue weighted by molar-refractivity contribution is -0.107. The number of aryl methyl sites for hydroxylation is 1. The van der Waals surface area contributed by atoms with Crippen LogP contribution < -0.4 is 0 Å². The van der Waals surface area contributed by atoms with Crippen molar-refractivity contribution in [1.82, 2.24) is 4.90 Å². The number of rotatable bonds is 4. The highest BCUT2D eigenvalue weighted by molar-refractivity contribution is 6.31. The Labute approximate surface area is 114 Å². The second-order valence-corrected chi connectivity index (χ2v) is 5.55. The molecule has 3 heteroatoms. The maximum Gasteiger partial charge on any atom is 0.120 e. The van der Waals surface area contributed by atoms with Crippen molar-refractivity contribution in [3.63, 3.8) is 0 Å². The molecule has 2 nitrogen and oxygen atoms in total. The van der Waals surface area contributed by atoms with Gasteiger partial charge in [0.1, 0.15) is 6.29 Å². The summed E-state index contributed by atoms with van der Waals surface area (Å²) in [7, 11) is 2.17. The van der Waals surface area contributed by atoms with E-state index >= 15 is 0 Å². The minimum Gasteiger partial charge on any atom is -0.306 e. The minimum absolute atomic E-state index is 0.573. The molecule has 1 aliphatic heterocycles. The molecule has 18 heavy (non-hydrogen) atoms. The van der Waals surface area contributed by atoms with Crippen LogP contribution >= 0.6 is 11.6 Å². The number of nitrogens with zero attached hydrogens (tertiary/aromatic N) is 1. The summed E-state index contributed by atoms with van der Waals surface area (Å²) in [5, 5.41) is 0.868. The Morgan fingerprint density at radius 1 is 1.39 bits per heavy atom. The lowest BCUT2D eigenvalue weighted by Crippen LogP contribution is -2.29. The van der Waals surface area contributed by atoms with E-state index in [9.17, 15) is 4.79 Å². The van der Waals surface area contributed by atoms with Gasteiger partial charge in [0, 0.05) is 11.4 Å². The fourth-order valence-electron chi connectivity index (χ4n) is 2.60. The second-order valence-electron chi connectivity index (χ2n) is 5.14. The topological polar surface area (TPSA) is 20.3 Å². The van der Waals surface area contributed by atoms with E-state index in [1.54, 1.807) is 0 Å². The van der Waals surface area contributed by atoms with Crippen LogP contribution in [0.5, 0.6) is 0 Å². The van der Waals surface area contributed by atoms with Crippen molar-refractivity contribution in [3.05, 3.63) is 34.3 Å². The predicted octanol–water partition coefficient (Wildman–Crippen LogP) is 3.28. The molecule has 0 saturated carbocycles. The van der Waals surface area contributed by atoms with Crippen molar-refractivity contribution >= 4 is 17.9 Å². The number of hydrogen-bond donors (Lipinski definition) is 0. The summed E-state index contributed by atoms with van der Waals surface area (Å²) >= 11 is 6.38. The highest BCUT2D eigenvalue weighted by Crippen LogP contribution is 2.33. The molecular formula is C15H20ClNO. The smallest absolute Gasteiger partial charge is 0.120 e. The molecule has 0 radical (unpaired) electrons. The SMILES string of the molecule is CN1CCC(c2ccc(CCC=O)cc2Cl)CC1. The van der Waals surface area contributed by atoms with Crippen molar-refractivity contribution < 1.29 is 4.79 Å². The molecule has 1 aromatic carbocycles. The fourth-order valence-corrected chi connectivity index (χ4v) is 2.96. The first kappa shape index (κ1) is 13.6. The molecule has 0 bridgehead atoms. The Kier molecular flexibility index (Phi) is 4.79. The van der Waals surface area contributed by atoms with Crippen molar-refractivity contribution in [2.75, 3.05) is 20.1 Å². The molecular weight excluding hydrogens is 246 g/mol. The third-order valence-electron chi connectivity index (χ3n) is 3.77. The average molecular weight is 266 g/mol. The summed E-state index contributed by atoms with van der Waals surface area (Å²) < 4.78 is 0. The van der Waals surface area contributed by atoms with Crippen LogP contribution in [-0.2, 0) is 11.2 Å². The van der Waals surface area contributed by atoms with Crippen LogP contribution in [0.15, 0.2) is 18.2 Å². The molecule has 1 aliphatic rings. The highest BCUT2D eigenvalue weighted by atomic mass is 35.5. The fraction of sp³-hybridized carbons (Fsp3) is 0.533. The summed E-state index contributed by atoms with van der Waals surface area (Å²) in [6.45, 7) is 2.29. The van der Waals surface area contributed by atoms with Gasteiger partial charge in [0.2, 0.25) is 0 Å². The molecule has 0 spiro atoms. The highest BCUT2D eigenvalue weighted by Gasteiger charge is 2.20. The van der Waals surface area contributed by atoms with Crippen LogP contribution in [0, 0.1) is 0 Å². The maximum absolute atomic E-state index is 10.4. The van der Waals surface area contributed by atoms with Gasteiger partial charge >= 0.3 is 0 Å². The van der Waals surface area contributed by atoms with Gasteiger partial charge < -0.3 is 9.69 Å². The first-order chi connectivity index (χ1) is 8.70. The number of carbonyl (C=O) groups is 1. The number of carbonyl (C=O) groups excluding carboxylic acids is 1. The Morgan fingerprint density at radius 2 is 2.11 bits per heavy atom. The molecule has 0 amide bonds. The van der Waals surface area contributed by atoms with Crippen molar-refractivity contribution in [2.24, 2.45) is 0 Å². The van der Waals surface area contributed by atoms with E-state index in [2.05, 4.69) is 24.1 Å². The monoisotopic (exact) mass is 265 g/mol.